The molecule has 92 heavy (non-hydrogen) atoms. The van der Waals surface area contributed by atoms with E-state index in [4.69, 9.17) is 5.73 Å². The van der Waals surface area contributed by atoms with Crippen molar-refractivity contribution in [1.82, 2.24) is 52.8 Å². The summed E-state index contributed by atoms with van der Waals surface area (Å²) in [7, 11) is 0. The van der Waals surface area contributed by atoms with Gasteiger partial charge in [-0.15, -0.1) is 0 Å². The lowest BCUT2D eigenvalue weighted by Crippen LogP contribution is -2.62. The molecule has 10 atom stereocenters. The number of fused-ring (bicyclic) bond motifs is 1. The Bertz CT molecular complexity index is 3210. The molecule has 0 unspecified atom stereocenters. The van der Waals surface area contributed by atoms with E-state index in [0.717, 1.165) is 0 Å². The largest absolute Gasteiger partial charge is 0.508 e. The fourth-order valence-corrected chi connectivity index (χ4v) is 10.9. The summed E-state index contributed by atoms with van der Waals surface area (Å²) >= 11 is 0. The van der Waals surface area contributed by atoms with Crippen molar-refractivity contribution in [3.63, 3.8) is 0 Å². The van der Waals surface area contributed by atoms with Crippen molar-refractivity contribution in [2.45, 2.75) is 165 Å². The van der Waals surface area contributed by atoms with Crippen LogP contribution in [0.1, 0.15) is 101 Å². The highest BCUT2D eigenvalue weighted by molar-refractivity contribution is 6.00. The highest BCUT2D eigenvalue weighted by atomic mass is 16.4. The van der Waals surface area contributed by atoms with E-state index in [-0.39, 0.29) is 76.1 Å². The molecule has 4 aromatic rings. The maximum Gasteiger partial charge on any atom is 0.305 e. The fraction of sp³-hybridized carbons (Fsp3) is 0.455. The third kappa shape index (κ3) is 22.0. The zero-order valence-electron chi connectivity index (χ0n) is 52.1. The van der Waals surface area contributed by atoms with Gasteiger partial charge in [-0.25, -0.2) is 0 Å². The minimum atomic E-state index is -2.00. The third-order valence-corrected chi connectivity index (χ3v) is 15.8. The summed E-state index contributed by atoms with van der Waals surface area (Å²) in [6, 6.07) is 16.1. The number of hydrogen-bond donors (Lipinski definition) is 13. The molecule has 494 valence electrons. The number of carboxylic acids is 2. The van der Waals surface area contributed by atoms with E-state index in [9.17, 15) is 68.1 Å². The second-order valence-corrected chi connectivity index (χ2v) is 23.9. The van der Waals surface area contributed by atoms with Gasteiger partial charge in [0.2, 0.25) is 59.1 Å². The average Bonchev–Trinajstić information content (AvgIpc) is 1.56. The zero-order chi connectivity index (χ0) is 67.0. The lowest BCUT2D eigenvalue weighted by atomic mass is 9.99. The van der Waals surface area contributed by atoms with Crippen LogP contribution in [0.4, 0.5) is 0 Å². The summed E-state index contributed by atoms with van der Waals surface area (Å²) in [5, 5.41) is 53.9. The first-order valence-corrected chi connectivity index (χ1v) is 31.0. The number of nitrogens with two attached hydrogens (primary N) is 1. The molecule has 0 spiro atoms. The van der Waals surface area contributed by atoms with E-state index in [1.54, 1.807) is 105 Å². The van der Waals surface area contributed by atoms with Crippen molar-refractivity contribution >= 4 is 71.0 Å². The Balaban J connectivity index is 1.46. The van der Waals surface area contributed by atoms with Gasteiger partial charge in [-0.1, -0.05) is 131 Å². The molecule has 14 N–H and O–H groups in total. The SMILES string of the molecule is CC(C)C[C@@H]1NC(=O)[C@H](CCCN)NC(=O)[C@H](C(C)C)NC(=O)[C@H](Cc2ccc(O)cc2)NC(=O)[C@H](CCC(=O)O)NC(=O)[C@H](CC(=O)O)NC(=O)[C@@H](Cc2ccccc2)NC(=O)[C@H](Cc2ccccc2)NC(=O)[C@@H]2CCCN2C(=O)[C@@H](Cc2ccccc2)NC1=O. The van der Waals surface area contributed by atoms with Gasteiger partial charge in [0.05, 0.1) is 6.42 Å². The molecule has 4 aromatic carbocycles. The summed E-state index contributed by atoms with van der Waals surface area (Å²) in [6.45, 7) is 6.96. The van der Waals surface area contributed by atoms with E-state index in [2.05, 4.69) is 47.9 Å². The monoisotopic (exact) mass is 1270 g/mol. The molecule has 2 aliphatic heterocycles. The van der Waals surface area contributed by atoms with E-state index >= 15 is 4.79 Å². The van der Waals surface area contributed by atoms with Crippen LogP contribution >= 0.6 is 0 Å². The maximum absolute atomic E-state index is 15.1. The smallest absolute Gasteiger partial charge is 0.305 e. The Kier molecular flexibility index (Phi) is 27.2. The molecular formula is C66H85N11O15. The standard InChI is InChI=1S/C66H85N11O15/c1-38(2)32-47-59(85)75-52(36-42-20-12-7-13-21-42)66(92)77-31-15-23-53(77)64(90)74-49(34-41-18-10-6-11-19-41)61(87)72-48(33-40-16-8-5-9-17-40)60(86)73-51(37-55(81)82)62(88)68-46(28-29-54(79)80)58(84)71-50(35-43-24-26-44(78)27-25-43)63(89)76-56(39(3)4)65(91)69-45(22-14-30-67)57(83)70-47/h5-13,16-21,24-27,38-39,45-53,56,78H,14-15,22-23,28-37,67H2,1-4H3,(H,68,88)(H,69,91)(H,70,83)(H,71,84)(H,72,87)(H,73,86)(H,74,90)(H,75,85)(H,76,89)(H,79,80)(H,81,82)/t45-,46-,47-,48+,49-,50-,51-,52+,53-,56-/m0/s1. The summed E-state index contributed by atoms with van der Waals surface area (Å²) in [5.41, 5.74) is 7.98. The van der Waals surface area contributed by atoms with Gasteiger partial charge >= 0.3 is 11.9 Å². The summed E-state index contributed by atoms with van der Waals surface area (Å²) in [4.78, 5) is 173. The highest BCUT2D eigenvalue weighted by Crippen LogP contribution is 2.22. The number of rotatable bonds is 19. The van der Waals surface area contributed by atoms with Crippen molar-refractivity contribution in [3.05, 3.63) is 138 Å². The first kappa shape index (κ1) is 71.4. The quantitative estimate of drug-likeness (QED) is 0.0618. The van der Waals surface area contributed by atoms with Crippen molar-refractivity contribution in [1.29, 1.82) is 0 Å². The van der Waals surface area contributed by atoms with Crippen molar-refractivity contribution in [2.24, 2.45) is 17.6 Å². The summed E-state index contributed by atoms with van der Waals surface area (Å²) in [6.07, 6.45) is -2.60. The highest BCUT2D eigenvalue weighted by Gasteiger charge is 2.42. The third-order valence-electron chi connectivity index (χ3n) is 15.8. The van der Waals surface area contributed by atoms with Crippen LogP contribution in [0.25, 0.3) is 0 Å². The van der Waals surface area contributed by atoms with E-state index in [0.29, 0.717) is 28.7 Å². The number of aliphatic carboxylic acids is 2. The Morgan fingerprint density at radius 1 is 0.467 bits per heavy atom. The van der Waals surface area contributed by atoms with Crippen LogP contribution in [0.3, 0.4) is 0 Å². The predicted octanol–water partition coefficient (Wildman–Crippen LogP) is 0.811. The number of hydrogen-bond acceptors (Lipinski definition) is 14. The van der Waals surface area contributed by atoms with Crippen molar-refractivity contribution in [3.8, 4) is 5.75 Å². The number of benzene rings is 4. The fourth-order valence-electron chi connectivity index (χ4n) is 10.9. The Hall–Kier alpha value is -9.72. The lowest BCUT2D eigenvalue weighted by molar-refractivity contribution is -0.143. The molecule has 2 fully saturated rings. The van der Waals surface area contributed by atoms with Gasteiger partial charge in [-0.2, -0.15) is 0 Å². The molecule has 0 aromatic heterocycles. The van der Waals surface area contributed by atoms with Gasteiger partial charge in [0.15, 0.2) is 0 Å². The molecule has 2 aliphatic rings. The topological polar surface area (TPSA) is 403 Å². The number of carbonyl (C=O) groups excluding carboxylic acids is 10. The first-order valence-electron chi connectivity index (χ1n) is 31.0. The van der Waals surface area contributed by atoms with E-state index in [1.807, 2.05) is 13.8 Å². The van der Waals surface area contributed by atoms with Crippen molar-refractivity contribution < 1.29 is 72.9 Å². The summed E-state index contributed by atoms with van der Waals surface area (Å²) in [5.74, 6) is -13.3. The normalized spacial score (nSPS) is 23.9. The summed E-state index contributed by atoms with van der Waals surface area (Å²) < 4.78 is 0. The molecule has 0 saturated carbocycles. The molecule has 26 heteroatoms. The number of carbonyl (C=O) groups is 12. The molecule has 0 bridgehead atoms. The van der Waals surface area contributed by atoms with Gasteiger partial charge < -0.3 is 73.8 Å². The van der Waals surface area contributed by atoms with E-state index < -0.39 is 157 Å². The lowest BCUT2D eigenvalue weighted by Gasteiger charge is -2.32. The van der Waals surface area contributed by atoms with Gasteiger partial charge in [0.1, 0.15) is 66.2 Å². The minimum Gasteiger partial charge on any atom is -0.508 e. The van der Waals surface area contributed by atoms with Gasteiger partial charge in [0.25, 0.3) is 0 Å². The molecule has 10 amide bonds. The van der Waals surface area contributed by atoms with Crippen LogP contribution in [0.2, 0.25) is 0 Å². The molecule has 26 nitrogen and oxygen atoms in total. The van der Waals surface area contributed by atoms with Crippen LogP contribution in [-0.2, 0) is 83.2 Å². The number of phenols is 1. The van der Waals surface area contributed by atoms with Crippen LogP contribution in [-0.4, -0.2) is 165 Å². The Morgan fingerprint density at radius 3 is 1.34 bits per heavy atom. The average molecular weight is 1270 g/mol. The molecule has 2 heterocycles. The minimum absolute atomic E-state index is 0.0431. The van der Waals surface area contributed by atoms with E-state index in [1.165, 1.54) is 29.2 Å². The number of phenolic OH excluding ortho intramolecular Hbond substituents is 1. The Morgan fingerprint density at radius 2 is 0.859 bits per heavy atom. The van der Waals surface area contributed by atoms with Gasteiger partial charge in [-0.05, 0) is 91.3 Å². The van der Waals surface area contributed by atoms with Gasteiger partial charge in [-0.3, -0.25) is 57.5 Å². The zero-order valence-corrected chi connectivity index (χ0v) is 52.1. The molecule has 2 saturated heterocycles. The van der Waals surface area contributed by atoms with Crippen LogP contribution in [0.5, 0.6) is 5.75 Å². The van der Waals surface area contributed by atoms with Gasteiger partial charge in [0, 0.05) is 38.6 Å². The van der Waals surface area contributed by atoms with Crippen LogP contribution < -0.4 is 53.6 Å². The molecule has 0 radical (unpaired) electrons. The number of nitrogens with zero attached hydrogens (tertiary/aromatic N) is 1. The second-order valence-electron chi connectivity index (χ2n) is 23.9. The molecular weight excluding hydrogens is 1190 g/mol. The second kappa shape index (κ2) is 35.0. The van der Waals surface area contributed by atoms with Crippen LogP contribution in [0.15, 0.2) is 115 Å². The maximum atomic E-state index is 15.1. The van der Waals surface area contributed by atoms with Crippen molar-refractivity contribution in [2.75, 3.05) is 13.1 Å². The van der Waals surface area contributed by atoms with Crippen LogP contribution in [0, 0.1) is 11.8 Å². The first-order chi connectivity index (χ1) is 43.9. The number of carboxylic acid groups (broad SMARTS) is 2. The molecule has 0 aliphatic carbocycles. The molecule has 6 rings (SSSR count). The predicted molar refractivity (Wildman–Crippen MR) is 336 cm³/mol. The Labute approximate surface area is 533 Å². The number of nitrogens with one attached hydrogen (secondary N) is 9. The number of aromatic hydroxyl groups is 1. The number of amides is 10.